The van der Waals surface area contributed by atoms with Crippen LogP contribution in [0.5, 0.6) is 0 Å². The number of amides is 1. The summed E-state index contributed by atoms with van der Waals surface area (Å²) in [6, 6.07) is 1.10. The monoisotopic (exact) mass is 268 g/mol. The van der Waals surface area contributed by atoms with E-state index < -0.39 is 17.5 Å². The van der Waals surface area contributed by atoms with E-state index in [9.17, 15) is 18.0 Å². The lowest BCUT2D eigenvalue weighted by molar-refractivity contribution is -0.120. The van der Waals surface area contributed by atoms with Gasteiger partial charge in [0.2, 0.25) is 0 Å². The summed E-state index contributed by atoms with van der Waals surface area (Å²) < 4.78 is 39.7. The Kier molecular flexibility index (Phi) is 2.80. The highest BCUT2D eigenvalue weighted by atomic mass is 19.2. The summed E-state index contributed by atoms with van der Waals surface area (Å²) in [7, 11) is 0. The van der Waals surface area contributed by atoms with Crippen LogP contribution in [0.15, 0.2) is 17.2 Å². The van der Waals surface area contributed by atoms with Crippen LogP contribution in [-0.4, -0.2) is 11.6 Å². The van der Waals surface area contributed by atoms with Gasteiger partial charge in [0.05, 0.1) is 11.6 Å². The minimum absolute atomic E-state index is 0.328. The first kappa shape index (κ1) is 12.2. The Balaban J connectivity index is 2.01. The molecule has 0 bridgehead atoms. The fraction of sp³-hybridized carbons (Fsp3) is 0.385. The molecule has 6 heteroatoms. The number of nitrogens with zero attached hydrogens (tertiary/aromatic N) is 2. The summed E-state index contributed by atoms with van der Waals surface area (Å²) in [5.41, 5.74) is 0.381. The van der Waals surface area contributed by atoms with Crippen molar-refractivity contribution in [3.63, 3.8) is 0 Å². The Morgan fingerprint density at radius 1 is 1.11 bits per heavy atom. The Morgan fingerprint density at radius 3 is 2.58 bits per heavy atom. The molecule has 19 heavy (non-hydrogen) atoms. The van der Waals surface area contributed by atoms with Gasteiger partial charge in [-0.3, -0.25) is 4.79 Å². The van der Waals surface area contributed by atoms with E-state index >= 15 is 0 Å². The van der Waals surface area contributed by atoms with Gasteiger partial charge in [0.25, 0.3) is 5.91 Å². The molecule has 0 N–H and O–H groups in total. The molecule has 1 aliphatic carbocycles. The Hall–Kier alpha value is -1.85. The molecule has 0 saturated heterocycles. The van der Waals surface area contributed by atoms with E-state index in [0.717, 1.165) is 17.9 Å². The number of benzene rings is 1. The smallest absolute Gasteiger partial charge is 0.256 e. The highest BCUT2D eigenvalue weighted by molar-refractivity contribution is 6.15. The fourth-order valence-corrected chi connectivity index (χ4v) is 2.55. The second kappa shape index (κ2) is 4.36. The van der Waals surface area contributed by atoms with Crippen molar-refractivity contribution in [2.45, 2.75) is 25.7 Å². The lowest BCUT2D eigenvalue weighted by Gasteiger charge is -2.17. The average Bonchev–Trinajstić information content (AvgIpc) is 2.72. The minimum atomic E-state index is -1.28. The highest BCUT2D eigenvalue weighted by Gasteiger charge is 2.38. The summed E-state index contributed by atoms with van der Waals surface area (Å²) in [6.45, 7) is 0. The molecule has 1 atom stereocenters. The molecule has 1 amide bonds. The van der Waals surface area contributed by atoms with E-state index in [4.69, 9.17) is 0 Å². The van der Waals surface area contributed by atoms with E-state index in [0.29, 0.717) is 30.7 Å². The third-order valence-corrected chi connectivity index (χ3v) is 3.53. The van der Waals surface area contributed by atoms with Gasteiger partial charge in [0, 0.05) is 12.1 Å². The van der Waals surface area contributed by atoms with Crippen molar-refractivity contribution in [1.29, 1.82) is 0 Å². The molecule has 1 fully saturated rings. The van der Waals surface area contributed by atoms with Gasteiger partial charge in [-0.25, -0.2) is 13.2 Å². The number of rotatable bonds is 1. The summed E-state index contributed by atoms with van der Waals surface area (Å²) in [4.78, 5) is 12.1. The van der Waals surface area contributed by atoms with Crippen molar-refractivity contribution >= 4 is 17.3 Å². The molecule has 100 valence electrons. The molecule has 3 nitrogen and oxygen atoms in total. The lowest BCUT2D eigenvalue weighted by Crippen LogP contribution is -2.29. The van der Waals surface area contributed by atoms with Crippen molar-refractivity contribution in [3.05, 3.63) is 29.6 Å². The van der Waals surface area contributed by atoms with Gasteiger partial charge < -0.3 is 0 Å². The van der Waals surface area contributed by atoms with Crippen molar-refractivity contribution in [2.24, 2.45) is 11.0 Å². The fourth-order valence-electron chi connectivity index (χ4n) is 2.55. The molecule has 0 radical (unpaired) electrons. The van der Waals surface area contributed by atoms with E-state index in [1.54, 1.807) is 0 Å². The molecule has 1 unspecified atom stereocenters. The number of carbonyl (C=O) groups is 1. The van der Waals surface area contributed by atoms with Crippen LogP contribution in [-0.2, 0) is 4.79 Å². The van der Waals surface area contributed by atoms with E-state index in [-0.39, 0.29) is 17.5 Å². The first-order chi connectivity index (χ1) is 9.08. The maximum atomic E-state index is 13.7. The number of fused-ring (bicyclic) bond motifs is 1. The number of hydrogen-bond acceptors (Lipinski definition) is 2. The van der Waals surface area contributed by atoms with Crippen molar-refractivity contribution in [1.82, 2.24) is 0 Å². The summed E-state index contributed by atoms with van der Waals surface area (Å²) in [5.74, 6) is -4.16. The van der Waals surface area contributed by atoms with Gasteiger partial charge in [-0.1, -0.05) is 6.42 Å². The SMILES string of the molecule is O=C1C2CCCCC2=NN1c1cc(F)c(F)cc1F. The van der Waals surface area contributed by atoms with Gasteiger partial charge in [-0.05, 0) is 19.3 Å². The van der Waals surface area contributed by atoms with Gasteiger partial charge in [-0.2, -0.15) is 10.1 Å². The summed E-state index contributed by atoms with van der Waals surface area (Å²) >= 11 is 0. The van der Waals surface area contributed by atoms with Crippen LogP contribution in [0.3, 0.4) is 0 Å². The molecule has 0 aromatic heterocycles. The van der Waals surface area contributed by atoms with Gasteiger partial charge in [0.1, 0.15) is 5.69 Å². The van der Waals surface area contributed by atoms with Crippen LogP contribution >= 0.6 is 0 Å². The number of hydrazone groups is 1. The molecule has 0 spiro atoms. The number of halogens is 3. The Bertz CT molecular complexity index is 585. The molecular weight excluding hydrogens is 257 g/mol. The maximum Gasteiger partial charge on any atom is 0.256 e. The zero-order chi connectivity index (χ0) is 13.6. The van der Waals surface area contributed by atoms with Gasteiger partial charge in [0.15, 0.2) is 17.5 Å². The number of hydrogen-bond donors (Lipinski definition) is 0. The third-order valence-electron chi connectivity index (χ3n) is 3.53. The second-order valence-corrected chi connectivity index (χ2v) is 4.76. The standard InChI is InChI=1S/C13H11F3N2O/c14-8-5-10(16)12(6-9(8)15)18-13(19)7-3-1-2-4-11(7)17-18/h5-7H,1-4H2. The van der Waals surface area contributed by atoms with Crippen LogP contribution in [0.1, 0.15) is 25.7 Å². The molecule has 1 aliphatic heterocycles. The quantitative estimate of drug-likeness (QED) is 0.721. The van der Waals surface area contributed by atoms with Gasteiger partial charge >= 0.3 is 0 Å². The molecule has 1 aromatic carbocycles. The molecule has 1 heterocycles. The maximum absolute atomic E-state index is 13.7. The molecule has 2 aliphatic rings. The Morgan fingerprint density at radius 2 is 1.84 bits per heavy atom. The molecule has 3 rings (SSSR count). The van der Waals surface area contributed by atoms with Crippen LogP contribution in [0, 0.1) is 23.4 Å². The summed E-state index contributed by atoms with van der Waals surface area (Å²) in [5, 5.41) is 4.93. The Labute approximate surface area is 107 Å². The highest BCUT2D eigenvalue weighted by Crippen LogP contribution is 2.33. The topological polar surface area (TPSA) is 32.7 Å². The first-order valence-corrected chi connectivity index (χ1v) is 6.14. The van der Waals surface area contributed by atoms with Crippen molar-refractivity contribution in [3.8, 4) is 0 Å². The average molecular weight is 268 g/mol. The molecule has 1 saturated carbocycles. The van der Waals surface area contributed by atoms with E-state index in [1.165, 1.54) is 0 Å². The summed E-state index contributed by atoms with van der Waals surface area (Å²) in [6.07, 6.45) is 3.23. The van der Waals surface area contributed by atoms with Crippen LogP contribution in [0.25, 0.3) is 0 Å². The largest absolute Gasteiger partial charge is 0.272 e. The predicted octanol–water partition coefficient (Wildman–Crippen LogP) is 3.00. The van der Waals surface area contributed by atoms with Crippen molar-refractivity contribution in [2.75, 3.05) is 5.01 Å². The first-order valence-electron chi connectivity index (χ1n) is 6.14. The van der Waals surface area contributed by atoms with Crippen molar-refractivity contribution < 1.29 is 18.0 Å². The zero-order valence-corrected chi connectivity index (χ0v) is 10.00. The second-order valence-electron chi connectivity index (χ2n) is 4.76. The van der Waals surface area contributed by atoms with Gasteiger partial charge in [-0.15, -0.1) is 0 Å². The van der Waals surface area contributed by atoms with E-state index in [2.05, 4.69) is 5.10 Å². The van der Waals surface area contributed by atoms with Crippen LogP contribution < -0.4 is 5.01 Å². The van der Waals surface area contributed by atoms with Crippen LogP contribution in [0.2, 0.25) is 0 Å². The normalized spacial score (nSPS) is 22.5. The number of carbonyl (C=O) groups excluding carboxylic acids is 1. The zero-order valence-electron chi connectivity index (χ0n) is 10.00. The molecular formula is C13H11F3N2O. The predicted molar refractivity (Wildman–Crippen MR) is 63.2 cm³/mol. The minimum Gasteiger partial charge on any atom is -0.272 e. The lowest BCUT2D eigenvalue weighted by atomic mass is 9.87. The number of anilines is 1. The third kappa shape index (κ3) is 1.91. The molecule has 1 aromatic rings. The van der Waals surface area contributed by atoms with E-state index in [1.807, 2.05) is 0 Å². The van der Waals surface area contributed by atoms with Crippen LogP contribution in [0.4, 0.5) is 18.9 Å².